The quantitative estimate of drug-likeness (QED) is 0.210. The van der Waals surface area contributed by atoms with E-state index in [1.807, 2.05) is 18.6 Å². The summed E-state index contributed by atoms with van der Waals surface area (Å²) >= 11 is 0. The number of nitrogens with zero attached hydrogens (tertiary/aromatic N) is 1. The SMILES string of the molecule is CCc1ccc(-c2c3ccccc3c(-c3cccc4c(C5NC=CC=C5c5ccncc5)cccc34)c3ccccc23)cc1. The van der Waals surface area contributed by atoms with Crippen LogP contribution in [0.1, 0.15) is 29.7 Å². The third-order valence-electron chi connectivity index (χ3n) is 9.08. The molecule has 2 nitrogen and oxygen atoms in total. The van der Waals surface area contributed by atoms with Crippen LogP contribution in [0.4, 0.5) is 0 Å². The Labute approximate surface area is 258 Å². The first-order valence-corrected chi connectivity index (χ1v) is 15.4. The highest BCUT2D eigenvalue weighted by Gasteiger charge is 2.23. The van der Waals surface area contributed by atoms with Crippen LogP contribution in [0.3, 0.4) is 0 Å². The zero-order valence-electron chi connectivity index (χ0n) is 24.7. The molecule has 8 rings (SSSR count). The van der Waals surface area contributed by atoms with Gasteiger partial charge < -0.3 is 5.32 Å². The topological polar surface area (TPSA) is 24.9 Å². The largest absolute Gasteiger partial charge is 0.380 e. The number of dihydropyridines is 1. The van der Waals surface area contributed by atoms with Crippen molar-refractivity contribution in [3.63, 3.8) is 0 Å². The van der Waals surface area contributed by atoms with E-state index in [-0.39, 0.29) is 6.04 Å². The van der Waals surface area contributed by atoms with Crippen LogP contribution < -0.4 is 5.32 Å². The zero-order chi connectivity index (χ0) is 29.5. The first kappa shape index (κ1) is 26.2. The van der Waals surface area contributed by atoms with E-state index in [1.165, 1.54) is 76.8 Å². The molecule has 2 heterocycles. The summed E-state index contributed by atoms with van der Waals surface area (Å²) in [4.78, 5) is 4.25. The molecule has 1 aliphatic heterocycles. The molecule has 0 spiro atoms. The van der Waals surface area contributed by atoms with E-state index in [1.54, 1.807) is 0 Å². The van der Waals surface area contributed by atoms with Gasteiger partial charge in [0.25, 0.3) is 0 Å². The van der Waals surface area contributed by atoms with E-state index in [0.29, 0.717) is 0 Å². The molecule has 1 atom stereocenters. The molecule has 0 fully saturated rings. The number of fused-ring (bicyclic) bond motifs is 3. The first-order chi connectivity index (χ1) is 21.8. The smallest absolute Gasteiger partial charge is 0.0774 e. The van der Waals surface area contributed by atoms with Crippen molar-refractivity contribution in [1.29, 1.82) is 0 Å². The van der Waals surface area contributed by atoms with Gasteiger partial charge in [0.15, 0.2) is 0 Å². The van der Waals surface area contributed by atoms with Crippen molar-refractivity contribution < 1.29 is 0 Å². The molecular formula is C42H32N2. The van der Waals surface area contributed by atoms with Crippen molar-refractivity contribution in [1.82, 2.24) is 10.3 Å². The Balaban J connectivity index is 1.39. The average Bonchev–Trinajstić information content (AvgIpc) is 3.10. The van der Waals surface area contributed by atoms with Gasteiger partial charge in [-0.2, -0.15) is 0 Å². The summed E-state index contributed by atoms with van der Waals surface area (Å²) in [7, 11) is 0. The molecule has 2 heteroatoms. The zero-order valence-corrected chi connectivity index (χ0v) is 24.7. The number of hydrogen-bond donors (Lipinski definition) is 1. The monoisotopic (exact) mass is 564 g/mol. The number of benzene rings is 6. The molecule has 0 bridgehead atoms. The Morgan fingerprint density at radius 1 is 0.568 bits per heavy atom. The number of nitrogens with one attached hydrogen (secondary N) is 1. The summed E-state index contributed by atoms with van der Waals surface area (Å²) in [5.74, 6) is 0. The lowest BCUT2D eigenvalue weighted by Crippen LogP contribution is -2.19. The fourth-order valence-corrected chi connectivity index (χ4v) is 6.99. The minimum absolute atomic E-state index is 0.0308. The first-order valence-electron chi connectivity index (χ1n) is 15.4. The summed E-state index contributed by atoms with van der Waals surface area (Å²) in [6.07, 6.45) is 11.1. The third kappa shape index (κ3) is 4.30. The lowest BCUT2D eigenvalue weighted by molar-refractivity contribution is 0.770. The molecule has 0 radical (unpaired) electrons. The van der Waals surface area contributed by atoms with Crippen LogP contribution >= 0.6 is 0 Å². The Bertz CT molecular complexity index is 2170. The molecule has 44 heavy (non-hydrogen) atoms. The predicted octanol–water partition coefficient (Wildman–Crippen LogP) is 10.7. The molecule has 1 aromatic heterocycles. The molecule has 0 amide bonds. The van der Waals surface area contributed by atoms with Gasteiger partial charge in [0.05, 0.1) is 6.04 Å². The normalized spacial score (nSPS) is 14.6. The Kier molecular flexibility index (Phi) is 6.53. The van der Waals surface area contributed by atoms with Crippen molar-refractivity contribution in [2.75, 3.05) is 0 Å². The number of pyridine rings is 1. The maximum absolute atomic E-state index is 4.25. The van der Waals surface area contributed by atoms with Gasteiger partial charge >= 0.3 is 0 Å². The summed E-state index contributed by atoms with van der Waals surface area (Å²) in [6.45, 7) is 2.21. The highest BCUT2D eigenvalue weighted by atomic mass is 14.9. The Hall–Kier alpha value is -5.47. The van der Waals surface area contributed by atoms with Gasteiger partial charge in [-0.15, -0.1) is 0 Å². The molecule has 0 saturated heterocycles. The van der Waals surface area contributed by atoms with Crippen molar-refractivity contribution in [2.45, 2.75) is 19.4 Å². The molecule has 7 aromatic rings. The van der Waals surface area contributed by atoms with Crippen LogP contribution in [0.5, 0.6) is 0 Å². The standard InChI is InChI=1S/C42H32N2/c1-2-28-19-21-30(22-20-28)40-35-10-3-5-12-37(35)41(38-13-6-4-11-36(38)40)34-16-7-15-33-32(34)14-8-17-39(33)42-31(18-9-25-44-42)29-23-26-43-27-24-29/h3-27,42,44H,2H2,1H3. The minimum atomic E-state index is 0.0308. The highest BCUT2D eigenvalue weighted by Crippen LogP contribution is 2.46. The van der Waals surface area contributed by atoms with Crippen LogP contribution in [0.2, 0.25) is 0 Å². The molecule has 1 unspecified atom stereocenters. The maximum Gasteiger partial charge on any atom is 0.0774 e. The Morgan fingerprint density at radius 2 is 1.18 bits per heavy atom. The van der Waals surface area contributed by atoms with Crippen LogP contribution in [0.15, 0.2) is 152 Å². The molecule has 210 valence electrons. The van der Waals surface area contributed by atoms with Crippen molar-refractivity contribution in [2.24, 2.45) is 0 Å². The van der Waals surface area contributed by atoms with Crippen molar-refractivity contribution >= 4 is 37.9 Å². The number of allylic oxidation sites excluding steroid dienone is 2. The van der Waals surface area contributed by atoms with Gasteiger partial charge in [-0.25, -0.2) is 0 Å². The predicted molar refractivity (Wildman–Crippen MR) is 186 cm³/mol. The molecule has 6 aromatic carbocycles. The van der Waals surface area contributed by atoms with E-state index in [9.17, 15) is 0 Å². The van der Waals surface area contributed by atoms with Gasteiger partial charge in [-0.1, -0.05) is 122 Å². The number of hydrogen-bond acceptors (Lipinski definition) is 2. The summed E-state index contributed by atoms with van der Waals surface area (Å²) in [6, 6.07) is 44.7. The number of aromatic nitrogens is 1. The summed E-state index contributed by atoms with van der Waals surface area (Å²) < 4.78 is 0. The molecule has 1 N–H and O–H groups in total. The molecule has 0 aliphatic carbocycles. The fraction of sp³-hybridized carbons (Fsp3) is 0.0714. The molecule has 0 saturated carbocycles. The second-order valence-electron chi connectivity index (χ2n) is 11.5. The summed E-state index contributed by atoms with van der Waals surface area (Å²) in [5, 5.41) is 11.3. The van der Waals surface area contributed by atoms with E-state index in [0.717, 1.165) is 6.42 Å². The minimum Gasteiger partial charge on any atom is -0.380 e. The maximum atomic E-state index is 4.25. The van der Waals surface area contributed by atoms with Crippen molar-refractivity contribution in [3.05, 3.63) is 169 Å². The average molecular weight is 565 g/mol. The van der Waals surface area contributed by atoms with E-state index in [4.69, 9.17) is 0 Å². The van der Waals surface area contributed by atoms with Gasteiger partial charge in [0, 0.05) is 12.4 Å². The second kappa shape index (κ2) is 11.0. The number of rotatable bonds is 5. The van der Waals surface area contributed by atoms with Crippen LogP contribution in [-0.4, -0.2) is 4.98 Å². The fourth-order valence-electron chi connectivity index (χ4n) is 6.99. The van der Waals surface area contributed by atoms with Crippen LogP contribution in [0, 0.1) is 0 Å². The van der Waals surface area contributed by atoms with Gasteiger partial charge in [0.1, 0.15) is 0 Å². The molecule has 1 aliphatic rings. The van der Waals surface area contributed by atoms with Crippen molar-refractivity contribution in [3.8, 4) is 22.3 Å². The van der Waals surface area contributed by atoms with Gasteiger partial charge in [-0.05, 0) is 108 Å². The van der Waals surface area contributed by atoms with Gasteiger partial charge in [0.2, 0.25) is 0 Å². The second-order valence-corrected chi connectivity index (χ2v) is 11.5. The van der Waals surface area contributed by atoms with E-state index in [2.05, 4.69) is 151 Å². The molecular weight excluding hydrogens is 532 g/mol. The van der Waals surface area contributed by atoms with Gasteiger partial charge in [-0.3, -0.25) is 4.98 Å². The van der Waals surface area contributed by atoms with Crippen LogP contribution in [-0.2, 0) is 6.42 Å². The lowest BCUT2D eigenvalue weighted by atomic mass is 9.83. The lowest BCUT2D eigenvalue weighted by Gasteiger charge is -2.26. The third-order valence-corrected chi connectivity index (χ3v) is 9.08. The van der Waals surface area contributed by atoms with Crippen LogP contribution in [0.25, 0.3) is 60.1 Å². The highest BCUT2D eigenvalue weighted by molar-refractivity contribution is 6.23. The van der Waals surface area contributed by atoms with E-state index < -0.39 is 0 Å². The van der Waals surface area contributed by atoms with E-state index >= 15 is 0 Å². The number of aryl methyl sites for hydroxylation is 1. The Morgan fingerprint density at radius 3 is 1.86 bits per heavy atom. The summed E-state index contributed by atoms with van der Waals surface area (Å²) in [5.41, 5.74) is 10.1.